The van der Waals surface area contributed by atoms with E-state index in [0.717, 1.165) is 6.07 Å². The summed E-state index contributed by atoms with van der Waals surface area (Å²) < 4.78 is 17.9. The molecular formula is C13H10FN3O3. The summed E-state index contributed by atoms with van der Waals surface area (Å²) in [7, 11) is 0. The molecule has 1 aliphatic rings. The first-order valence-electron chi connectivity index (χ1n) is 5.93. The van der Waals surface area contributed by atoms with Crippen LogP contribution in [0.2, 0.25) is 0 Å². The normalized spacial score (nSPS) is 14.1. The molecule has 0 saturated carbocycles. The maximum atomic E-state index is 13.4. The van der Waals surface area contributed by atoms with E-state index >= 15 is 0 Å². The van der Waals surface area contributed by atoms with Gasteiger partial charge in [0.1, 0.15) is 17.2 Å². The Kier molecular flexibility index (Phi) is 2.63. The van der Waals surface area contributed by atoms with Crippen molar-refractivity contribution in [3.8, 4) is 0 Å². The molecule has 20 heavy (non-hydrogen) atoms. The summed E-state index contributed by atoms with van der Waals surface area (Å²) >= 11 is 0. The number of hydrogen-bond acceptors (Lipinski definition) is 5. The molecule has 7 heteroatoms. The number of fused-ring (bicyclic) bond motifs is 1. The number of carbonyl (C=O) groups is 2. The van der Waals surface area contributed by atoms with Crippen molar-refractivity contribution in [2.75, 3.05) is 4.90 Å². The molecule has 0 N–H and O–H groups in total. The lowest BCUT2D eigenvalue weighted by molar-refractivity contribution is -0.114. The van der Waals surface area contributed by atoms with Crippen LogP contribution >= 0.6 is 0 Å². The molecule has 2 aromatic rings. The first kappa shape index (κ1) is 12.5. The topological polar surface area (TPSA) is 76.3 Å². The lowest BCUT2D eigenvalue weighted by atomic mass is 10.1. The van der Waals surface area contributed by atoms with Crippen molar-refractivity contribution in [2.45, 2.75) is 20.4 Å². The molecular weight excluding hydrogens is 265 g/mol. The van der Waals surface area contributed by atoms with Gasteiger partial charge >= 0.3 is 0 Å². The van der Waals surface area contributed by atoms with Crippen LogP contribution in [0.1, 0.15) is 27.3 Å². The van der Waals surface area contributed by atoms with Gasteiger partial charge in [0.25, 0.3) is 11.7 Å². The predicted molar refractivity (Wildman–Crippen MR) is 65.7 cm³/mol. The summed E-state index contributed by atoms with van der Waals surface area (Å²) in [4.78, 5) is 25.2. The quantitative estimate of drug-likeness (QED) is 0.777. The highest BCUT2D eigenvalue weighted by atomic mass is 19.1. The molecule has 0 radical (unpaired) electrons. The number of nitrogens with zero attached hydrogens (tertiary/aromatic N) is 3. The first-order chi connectivity index (χ1) is 9.49. The van der Waals surface area contributed by atoms with Crippen molar-refractivity contribution in [2.24, 2.45) is 0 Å². The maximum absolute atomic E-state index is 13.4. The number of Topliss-reactive ketones (excluding diaryl/α,β-unsaturated/α-hetero) is 1. The number of ketones is 1. The smallest absolute Gasteiger partial charge is 0.298 e. The Morgan fingerprint density at radius 1 is 1.25 bits per heavy atom. The lowest BCUT2D eigenvalue weighted by Gasteiger charge is -2.17. The van der Waals surface area contributed by atoms with Gasteiger partial charge in [0, 0.05) is 0 Å². The number of halogens is 1. The van der Waals surface area contributed by atoms with Gasteiger partial charge in [-0.05, 0) is 31.5 Å². The predicted octanol–water partition coefficient (Wildman–Crippen LogP) is 1.56. The second-order valence-electron chi connectivity index (χ2n) is 4.64. The zero-order valence-corrected chi connectivity index (χ0v) is 10.8. The van der Waals surface area contributed by atoms with Gasteiger partial charge in [-0.25, -0.2) is 9.02 Å². The van der Waals surface area contributed by atoms with Crippen LogP contribution in [0.25, 0.3) is 0 Å². The molecule has 1 aromatic heterocycles. The standard InChI is InChI=1S/C13H10FN3O3/c1-6-3-8(14)4-9-11(6)17(13(19)12(9)18)5-10-7(2)15-20-16-10/h3-4H,5H2,1-2H3. The second-order valence-corrected chi connectivity index (χ2v) is 4.64. The van der Waals surface area contributed by atoms with Gasteiger partial charge in [0.05, 0.1) is 17.8 Å². The summed E-state index contributed by atoms with van der Waals surface area (Å²) in [6.07, 6.45) is 0. The summed E-state index contributed by atoms with van der Waals surface area (Å²) in [5.74, 6) is -1.95. The Balaban J connectivity index is 2.09. The Labute approximate surface area is 113 Å². The highest BCUT2D eigenvalue weighted by Crippen LogP contribution is 2.34. The fourth-order valence-corrected chi connectivity index (χ4v) is 2.30. The molecule has 1 amide bonds. The number of anilines is 1. The van der Waals surface area contributed by atoms with Gasteiger partial charge in [-0.2, -0.15) is 0 Å². The Bertz CT molecular complexity index is 738. The number of benzene rings is 1. The average Bonchev–Trinajstić information content (AvgIpc) is 2.88. The third-order valence-electron chi connectivity index (χ3n) is 3.27. The van der Waals surface area contributed by atoms with E-state index in [9.17, 15) is 14.0 Å². The van der Waals surface area contributed by atoms with Crippen LogP contribution in [0.5, 0.6) is 0 Å². The van der Waals surface area contributed by atoms with E-state index < -0.39 is 17.5 Å². The highest BCUT2D eigenvalue weighted by Gasteiger charge is 2.38. The van der Waals surface area contributed by atoms with Crippen molar-refractivity contribution in [1.29, 1.82) is 0 Å². The fourth-order valence-electron chi connectivity index (χ4n) is 2.30. The largest absolute Gasteiger partial charge is 0.299 e. The molecule has 0 aliphatic carbocycles. The number of aromatic nitrogens is 2. The number of carbonyl (C=O) groups excluding carboxylic acids is 2. The van der Waals surface area contributed by atoms with E-state index in [1.165, 1.54) is 11.0 Å². The third-order valence-corrected chi connectivity index (χ3v) is 3.27. The Morgan fingerprint density at radius 2 is 2.00 bits per heavy atom. The van der Waals surface area contributed by atoms with E-state index in [2.05, 4.69) is 14.9 Å². The Hall–Kier alpha value is -2.57. The van der Waals surface area contributed by atoms with Crippen LogP contribution in [0.4, 0.5) is 10.1 Å². The van der Waals surface area contributed by atoms with E-state index in [1.807, 2.05) is 0 Å². The van der Waals surface area contributed by atoms with Gasteiger partial charge in [-0.15, -0.1) is 0 Å². The minimum atomic E-state index is -0.711. The number of aryl methyl sites for hydroxylation is 2. The molecule has 0 spiro atoms. The number of rotatable bonds is 2. The molecule has 102 valence electrons. The van der Waals surface area contributed by atoms with Crippen molar-refractivity contribution >= 4 is 17.4 Å². The summed E-state index contributed by atoms with van der Waals surface area (Å²) in [5, 5.41) is 7.32. The van der Waals surface area contributed by atoms with Crippen molar-refractivity contribution < 1.29 is 18.6 Å². The van der Waals surface area contributed by atoms with Gasteiger partial charge in [0.15, 0.2) is 0 Å². The maximum Gasteiger partial charge on any atom is 0.299 e. The highest BCUT2D eigenvalue weighted by molar-refractivity contribution is 6.52. The average molecular weight is 275 g/mol. The molecule has 0 fully saturated rings. The van der Waals surface area contributed by atoms with E-state index in [0.29, 0.717) is 22.6 Å². The van der Waals surface area contributed by atoms with E-state index in [4.69, 9.17) is 0 Å². The van der Waals surface area contributed by atoms with Crippen LogP contribution in [0.15, 0.2) is 16.8 Å². The monoisotopic (exact) mass is 275 g/mol. The molecule has 0 saturated heterocycles. The van der Waals surface area contributed by atoms with Crippen LogP contribution in [-0.2, 0) is 11.3 Å². The van der Waals surface area contributed by atoms with Crippen LogP contribution < -0.4 is 4.90 Å². The second kappa shape index (κ2) is 4.22. The van der Waals surface area contributed by atoms with Crippen LogP contribution in [0.3, 0.4) is 0 Å². The van der Waals surface area contributed by atoms with Gasteiger partial charge < -0.3 is 0 Å². The SMILES string of the molecule is Cc1cc(F)cc2c1N(Cc1nonc1C)C(=O)C2=O. The van der Waals surface area contributed by atoms with Crippen molar-refractivity contribution in [3.63, 3.8) is 0 Å². The van der Waals surface area contributed by atoms with E-state index in [1.54, 1.807) is 13.8 Å². The van der Waals surface area contributed by atoms with E-state index in [-0.39, 0.29) is 12.1 Å². The summed E-state index contributed by atoms with van der Waals surface area (Å²) in [6, 6.07) is 2.36. The first-order valence-corrected chi connectivity index (χ1v) is 5.93. The molecule has 0 atom stereocenters. The minimum absolute atomic E-state index is 0.0688. The van der Waals surface area contributed by atoms with Gasteiger partial charge in [0.2, 0.25) is 0 Å². The van der Waals surface area contributed by atoms with Gasteiger partial charge in [-0.3, -0.25) is 14.5 Å². The molecule has 1 aliphatic heterocycles. The molecule has 2 heterocycles. The Morgan fingerprint density at radius 3 is 2.65 bits per heavy atom. The zero-order valence-electron chi connectivity index (χ0n) is 10.8. The van der Waals surface area contributed by atoms with Crippen LogP contribution in [0, 0.1) is 19.7 Å². The summed E-state index contributed by atoms with van der Waals surface area (Å²) in [5.41, 5.74) is 2.03. The lowest BCUT2D eigenvalue weighted by Crippen LogP contribution is -2.29. The van der Waals surface area contributed by atoms with Gasteiger partial charge in [-0.1, -0.05) is 10.3 Å². The molecule has 6 nitrogen and oxygen atoms in total. The van der Waals surface area contributed by atoms with Crippen molar-refractivity contribution in [1.82, 2.24) is 10.3 Å². The minimum Gasteiger partial charge on any atom is -0.298 e. The third kappa shape index (κ3) is 1.70. The van der Waals surface area contributed by atoms with Crippen LogP contribution in [-0.4, -0.2) is 22.0 Å². The molecule has 0 bridgehead atoms. The zero-order chi connectivity index (χ0) is 14.4. The molecule has 0 unspecified atom stereocenters. The number of amides is 1. The summed E-state index contributed by atoms with van der Waals surface area (Å²) in [6.45, 7) is 3.40. The molecule has 1 aromatic carbocycles. The molecule has 3 rings (SSSR count). The van der Waals surface area contributed by atoms with Crippen molar-refractivity contribution in [3.05, 3.63) is 40.5 Å². The number of hydrogen-bond donors (Lipinski definition) is 0. The fraction of sp³-hybridized carbons (Fsp3) is 0.231.